The van der Waals surface area contributed by atoms with E-state index in [0.717, 1.165) is 36.5 Å². The maximum Gasteiger partial charge on any atom is 0.490 e. The van der Waals surface area contributed by atoms with Gasteiger partial charge in [-0.1, -0.05) is 64.7 Å². The van der Waals surface area contributed by atoms with Crippen molar-refractivity contribution in [3.8, 4) is 0 Å². The molecule has 0 aromatic carbocycles. The normalized spacial score (nSPS) is 36.6. The highest BCUT2D eigenvalue weighted by molar-refractivity contribution is 5.75. The van der Waals surface area contributed by atoms with E-state index >= 15 is 0 Å². The number of esters is 1. The molecule has 29 heavy (non-hydrogen) atoms. The highest BCUT2D eigenvalue weighted by Gasteiger charge is 2.43. The van der Waals surface area contributed by atoms with E-state index in [-0.39, 0.29) is 0 Å². The van der Waals surface area contributed by atoms with Crippen molar-refractivity contribution in [3.05, 3.63) is 0 Å². The lowest BCUT2D eigenvalue weighted by atomic mass is 9.69. The zero-order chi connectivity index (χ0) is 20.9. The van der Waals surface area contributed by atoms with Gasteiger partial charge in [0.2, 0.25) is 0 Å². The summed E-state index contributed by atoms with van der Waals surface area (Å²) >= 11 is 0. The molecule has 0 aromatic heterocycles. The molecule has 3 saturated carbocycles. The van der Waals surface area contributed by atoms with Crippen molar-refractivity contribution < 1.29 is 22.7 Å². The Morgan fingerprint density at radius 2 is 1.14 bits per heavy atom. The summed E-state index contributed by atoms with van der Waals surface area (Å²) in [5, 5.41) is 0. The SMILES string of the molecule is CCC1CCC(CCC2CCC(C3CCC(OC(=O)C(F)(F)F)CC3)CC2)CC1. The molecule has 0 heterocycles. The fraction of sp³-hybridized carbons (Fsp3) is 0.958. The summed E-state index contributed by atoms with van der Waals surface area (Å²) in [6, 6.07) is 0. The molecule has 2 nitrogen and oxygen atoms in total. The van der Waals surface area contributed by atoms with Crippen LogP contribution in [0.4, 0.5) is 13.2 Å². The first-order chi connectivity index (χ1) is 13.8. The van der Waals surface area contributed by atoms with Crippen molar-refractivity contribution in [2.75, 3.05) is 0 Å². The van der Waals surface area contributed by atoms with Crippen LogP contribution < -0.4 is 0 Å². The number of hydrogen-bond donors (Lipinski definition) is 0. The van der Waals surface area contributed by atoms with Crippen LogP contribution in [0.15, 0.2) is 0 Å². The Kier molecular flexibility index (Phi) is 8.32. The van der Waals surface area contributed by atoms with Gasteiger partial charge in [-0.05, 0) is 68.1 Å². The Hall–Kier alpha value is -0.740. The molecule has 0 aromatic rings. The van der Waals surface area contributed by atoms with Gasteiger partial charge in [0.15, 0.2) is 0 Å². The smallest absolute Gasteiger partial charge is 0.456 e. The maximum atomic E-state index is 12.3. The van der Waals surface area contributed by atoms with Crippen molar-refractivity contribution in [1.82, 2.24) is 0 Å². The average molecular weight is 417 g/mol. The van der Waals surface area contributed by atoms with E-state index in [2.05, 4.69) is 11.7 Å². The van der Waals surface area contributed by atoms with Gasteiger partial charge in [-0.25, -0.2) is 4.79 Å². The Bertz CT molecular complexity index is 495. The van der Waals surface area contributed by atoms with Crippen molar-refractivity contribution in [2.45, 2.75) is 116 Å². The van der Waals surface area contributed by atoms with E-state index in [1.807, 2.05) is 0 Å². The lowest BCUT2D eigenvalue weighted by Gasteiger charge is -2.38. The molecule has 0 aliphatic heterocycles. The second-order valence-corrected chi connectivity index (χ2v) is 10.1. The number of ether oxygens (including phenoxy) is 1. The Morgan fingerprint density at radius 3 is 1.59 bits per heavy atom. The molecule has 0 amide bonds. The zero-order valence-electron chi connectivity index (χ0n) is 18.0. The van der Waals surface area contributed by atoms with Crippen LogP contribution in [0.2, 0.25) is 0 Å². The van der Waals surface area contributed by atoms with Gasteiger partial charge in [0.05, 0.1) is 0 Å². The molecular formula is C24H39F3O2. The molecule has 3 fully saturated rings. The van der Waals surface area contributed by atoms with Crippen molar-refractivity contribution in [1.29, 1.82) is 0 Å². The minimum absolute atomic E-state index is 0.542. The third-order valence-corrected chi connectivity index (χ3v) is 8.31. The monoisotopic (exact) mass is 416 g/mol. The molecule has 0 saturated heterocycles. The summed E-state index contributed by atoms with van der Waals surface area (Å²) in [6.45, 7) is 2.32. The van der Waals surface area contributed by atoms with E-state index in [9.17, 15) is 18.0 Å². The third kappa shape index (κ3) is 6.89. The van der Waals surface area contributed by atoms with Gasteiger partial charge in [-0.15, -0.1) is 0 Å². The summed E-state index contributed by atoms with van der Waals surface area (Å²) in [4.78, 5) is 11.0. The number of carbonyl (C=O) groups excluding carboxylic acids is 1. The minimum atomic E-state index is -4.87. The highest BCUT2D eigenvalue weighted by Crippen LogP contribution is 2.43. The first-order valence-electron chi connectivity index (χ1n) is 12.1. The van der Waals surface area contributed by atoms with Crippen molar-refractivity contribution in [3.63, 3.8) is 0 Å². The second-order valence-electron chi connectivity index (χ2n) is 10.1. The summed E-state index contributed by atoms with van der Waals surface area (Å²) in [7, 11) is 0. The molecule has 0 atom stereocenters. The van der Waals surface area contributed by atoms with Crippen LogP contribution >= 0.6 is 0 Å². The fourth-order valence-corrected chi connectivity index (χ4v) is 6.24. The van der Waals surface area contributed by atoms with Gasteiger partial charge in [0.25, 0.3) is 0 Å². The van der Waals surface area contributed by atoms with E-state index in [1.54, 1.807) is 0 Å². The number of rotatable bonds is 6. The van der Waals surface area contributed by atoms with E-state index in [1.165, 1.54) is 70.6 Å². The van der Waals surface area contributed by atoms with Crippen LogP contribution in [0, 0.1) is 29.6 Å². The van der Waals surface area contributed by atoms with Crippen LogP contribution in [0.5, 0.6) is 0 Å². The van der Waals surface area contributed by atoms with Crippen LogP contribution in [0.1, 0.15) is 103 Å². The largest absolute Gasteiger partial charge is 0.490 e. The Balaban J connectivity index is 1.30. The molecule has 168 valence electrons. The van der Waals surface area contributed by atoms with Gasteiger partial charge >= 0.3 is 12.1 Å². The average Bonchev–Trinajstić information content (AvgIpc) is 2.73. The fourth-order valence-electron chi connectivity index (χ4n) is 6.24. The summed E-state index contributed by atoms with van der Waals surface area (Å²) in [5.74, 6) is 2.15. The topological polar surface area (TPSA) is 26.3 Å². The number of halogens is 3. The first-order valence-corrected chi connectivity index (χ1v) is 12.1. The van der Waals surface area contributed by atoms with Gasteiger partial charge in [-0.2, -0.15) is 13.2 Å². The van der Waals surface area contributed by atoms with Crippen LogP contribution in [0.3, 0.4) is 0 Å². The highest BCUT2D eigenvalue weighted by atomic mass is 19.4. The maximum absolute atomic E-state index is 12.3. The third-order valence-electron chi connectivity index (χ3n) is 8.31. The Morgan fingerprint density at radius 1 is 0.724 bits per heavy atom. The molecule has 0 bridgehead atoms. The summed E-state index contributed by atoms with van der Waals surface area (Å²) < 4.78 is 41.7. The van der Waals surface area contributed by atoms with E-state index in [0.29, 0.717) is 18.8 Å². The molecule has 0 spiro atoms. The molecule has 0 radical (unpaired) electrons. The second kappa shape index (κ2) is 10.5. The molecule has 3 aliphatic carbocycles. The number of hydrogen-bond acceptors (Lipinski definition) is 2. The van der Waals surface area contributed by atoms with Gasteiger partial charge < -0.3 is 4.74 Å². The van der Waals surface area contributed by atoms with Crippen LogP contribution in [-0.4, -0.2) is 18.2 Å². The molecule has 0 N–H and O–H groups in total. The summed E-state index contributed by atoms with van der Waals surface area (Å²) in [5.41, 5.74) is 0. The van der Waals surface area contributed by atoms with Gasteiger partial charge in [0, 0.05) is 0 Å². The zero-order valence-corrected chi connectivity index (χ0v) is 18.0. The van der Waals surface area contributed by atoms with Crippen molar-refractivity contribution >= 4 is 5.97 Å². The molecule has 0 unspecified atom stereocenters. The minimum Gasteiger partial charge on any atom is -0.456 e. The number of carbonyl (C=O) groups is 1. The lowest BCUT2D eigenvalue weighted by molar-refractivity contribution is -0.206. The predicted octanol–water partition coefficient (Wildman–Crippen LogP) is 7.45. The standard InChI is InChI=1S/C24H39F3O2/c1-2-17-3-5-18(6-4-17)7-8-19-9-11-20(12-10-19)21-13-15-22(16-14-21)29-23(28)24(25,26)27/h17-22H,2-16H2,1H3. The van der Waals surface area contributed by atoms with Gasteiger partial charge in [0.1, 0.15) is 6.10 Å². The van der Waals surface area contributed by atoms with Gasteiger partial charge in [-0.3, -0.25) is 0 Å². The number of alkyl halides is 3. The Labute approximate surface area is 174 Å². The quantitative estimate of drug-likeness (QED) is 0.420. The predicted molar refractivity (Wildman–Crippen MR) is 108 cm³/mol. The van der Waals surface area contributed by atoms with E-state index < -0.39 is 18.2 Å². The van der Waals surface area contributed by atoms with E-state index in [4.69, 9.17) is 0 Å². The first kappa shape index (κ1) is 22.9. The molecule has 5 heteroatoms. The molecule has 3 rings (SSSR count). The van der Waals surface area contributed by atoms with Crippen LogP contribution in [0.25, 0.3) is 0 Å². The molecule has 3 aliphatic rings. The summed E-state index contributed by atoms with van der Waals surface area (Å²) in [6.07, 6.45) is 12.7. The van der Waals surface area contributed by atoms with Crippen molar-refractivity contribution in [2.24, 2.45) is 29.6 Å². The van der Waals surface area contributed by atoms with Crippen LogP contribution in [-0.2, 0) is 9.53 Å². The lowest BCUT2D eigenvalue weighted by Crippen LogP contribution is -2.34. The molecular weight excluding hydrogens is 377 g/mol.